The average molecular weight is 563 g/mol. The highest BCUT2D eigenvalue weighted by Gasteiger charge is 2.76. The van der Waals surface area contributed by atoms with Crippen LogP contribution in [0.25, 0.3) is 10.9 Å². The highest BCUT2D eigenvalue weighted by molar-refractivity contribution is 7.80. The van der Waals surface area contributed by atoms with Gasteiger partial charge in [-0.3, -0.25) is 9.88 Å². The van der Waals surface area contributed by atoms with Gasteiger partial charge in [0.15, 0.2) is 5.11 Å². The number of halogens is 6. The number of alkyl halides is 6. The predicted molar refractivity (Wildman–Crippen MR) is 140 cm³/mol. The first-order chi connectivity index (χ1) is 18.4. The van der Waals surface area contributed by atoms with Crippen molar-refractivity contribution in [2.45, 2.75) is 42.8 Å². The molecule has 39 heavy (non-hydrogen) atoms. The van der Waals surface area contributed by atoms with Gasteiger partial charge in [0.2, 0.25) is 0 Å². The predicted octanol–water partition coefficient (Wildman–Crippen LogP) is 6.95. The Balaban J connectivity index is 1.32. The summed E-state index contributed by atoms with van der Waals surface area (Å²) in [5, 5.41) is 6.65. The quantitative estimate of drug-likeness (QED) is 0.200. The SMILES string of the molecule is C=CC1C2CCN3C([C@H](NC(=S)Nc4cc(C(F)(F)F)cc(C(F)(F)F)c4)c4ccnc5ccccc45)CC123. The zero-order valence-electron chi connectivity index (χ0n) is 20.5. The second kappa shape index (κ2) is 8.92. The zero-order chi connectivity index (χ0) is 27.7. The van der Waals surface area contributed by atoms with Crippen LogP contribution >= 0.6 is 12.2 Å². The third kappa shape index (κ3) is 4.26. The molecule has 1 saturated carbocycles. The van der Waals surface area contributed by atoms with Crippen molar-refractivity contribution in [3.8, 4) is 0 Å². The number of fused-ring (bicyclic) bond motifs is 1. The van der Waals surface area contributed by atoms with Gasteiger partial charge in [0, 0.05) is 28.9 Å². The lowest BCUT2D eigenvalue weighted by atomic mass is 9.81. The second-order valence-corrected chi connectivity index (χ2v) is 10.8. The number of nitrogens with one attached hydrogen (secondary N) is 2. The maximum atomic E-state index is 13.4. The van der Waals surface area contributed by atoms with Crippen molar-refractivity contribution in [1.82, 2.24) is 15.2 Å². The molecule has 2 aliphatic heterocycles. The minimum Gasteiger partial charge on any atom is -0.354 e. The Labute approximate surface area is 226 Å². The zero-order valence-corrected chi connectivity index (χ0v) is 21.3. The van der Waals surface area contributed by atoms with Crippen LogP contribution in [0.15, 0.2) is 67.4 Å². The van der Waals surface area contributed by atoms with E-state index in [1.165, 1.54) is 0 Å². The largest absolute Gasteiger partial charge is 0.416 e. The molecule has 2 saturated heterocycles. The standard InChI is InChI=1S/C28H24F6N4S/c1-2-20-21-8-10-38-23(14-26(20,21)38)24(19-7-9-35-22-6-4-3-5-18(19)22)37-25(39)36-17-12-15(27(29,30)31)11-16(13-17)28(32,33)34/h2-7,9,11-13,20-21,23-24H,1,8,10,14H2,(H2,36,37,39)/t20?,21?,23?,24-,26?/m1/s1. The number of pyridine rings is 1. The van der Waals surface area contributed by atoms with E-state index in [4.69, 9.17) is 12.2 Å². The smallest absolute Gasteiger partial charge is 0.354 e. The first kappa shape index (κ1) is 26.1. The molecule has 0 radical (unpaired) electrons. The van der Waals surface area contributed by atoms with Gasteiger partial charge in [-0.15, -0.1) is 6.58 Å². The molecule has 0 amide bonds. The molecule has 3 aliphatic rings. The molecule has 2 aromatic carbocycles. The minimum atomic E-state index is -4.95. The first-order valence-corrected chi connectivity index (χ1v) is 12.9. The average Bonchev–Trinajstić information content (AvgIpc) is 3.44. The second-order valence-electron chi connectivity index (χ2n) is 10.4. The number of rotatable bonds is 5. The molecule has 3 aromatic rings. The summed E-state index contributed by atoms with van der Waals surface area (Å²) < 4.78 is 80.3. The molecule has 1 spiro atoms. The van der Waals surface area contributed by atoms with Gasteiger partial charge in [-0.25, -0.2) is 0 Å². The molecule has 204 valence electrons. The van der Waals surface area contributed by atoms with Crippen molar-refractivity contribution in [1.29, 1.82) is 0 Å². The van der Waals surface area contributed by atoms with Crippen LogP contribution in [0.3, 0.4) is 0 Å². The fourth-order valence-corrected chi connectivity index (χ4v) is 7.08. The van der Waals surface area contributed by atoms with Crippen LogP contribution in [0.5, 0.6) is 0 Å². The van der Waals surface area contributed by atoms with Crippen LogP contribution in [-0.2, 0) is 12.4 Å². The summed E-state index contributed by atoms with van der Waals surface area (Å²) in [4.78, 5) is 6.89. The van der Waals surface area contributed by atoms with Gasteiger partial charge in [0.25, 0.3) is 0 Å². The Morgan fingerprint density at radius 2 is 1.77 bits per heavy atom. The van der Waals surface area contributed by atoms with E-state index < -0.39 is 29.2 Å². The molecule has 4 nitrogen and oxygen atoms in total. The van der Waals surface area contributed by atoms with Crippen molar-refractivity contribution >= 4 is 33.9 Å². The van der Waals surface area contributed by atoms with Crippen molar-refractivity contribution in [3.05, 3.63) is 84.1 Å². The van der Waals surface area contributed by atoms with Gasteiger partial charge < -0.3 is 10.6 Å². The van der Waals surface area contributed by atoms with Crippen LogP contribution in [0.1, 0.15) is 35.6 Å². The van der Waals surface area contributed by atoms with Gasteiger partial charge >= 0.3 is 12.4 Å². The van der Waals surface area contributed by atoms with E-state index in [9.17, 15) is 26.3 Å². The number of benzene rings is 2. The Bertz CT molecular complexity index is 1430. The lowest BCUT2D eigenvalue weighted by molar-refractivity contribution is -0.143. The maximum Gasteiger partial charge on any atom is 0.416 e. The molecule has 3 heterocycles. The normalized spacial score (nSPS) is 26.8. The summed E-state index contributed by atoms with van der Waals surface area (Å²) >= 11 is 5.47. The maximum absolute atomic E-state index is 13.4. The van der Waals surface area contributed by atoms with E-state index in [2.05, 4.69) is 27.1 Å². The fourth-order valence-electron chi connectivity index (χ4n) is 6.84. The van der Waals surface area contributed by atoms with E-state index in [1.54, 1.807) is 6.20 Å². The van der Waals surface area contributed by atoms with E-state index in [-0.39, 0.29) is 28.8 Å². The summed E-state index contributed by atoms with van der Waals surface area (Å²) in [5.74, 6) is 0.991. The molecule has 11 heteroatoms. The first-order valence-electron chi connectivity index (χ1n) is 12.5. The summed E-state index contributed by atoms with van der Waals surface area (Å²) in [6, 6.07) is 10.5. The highest BCUT2D eigenvalue weighted by atomic mass is 32.1. The fraction of sp³-hybridized carbons (Fsp3) is 0.357. The lowest BCUT2D eigenvalue weighted by Crippen LogP contribution is -2.62. The number of piperidine rings is 1. The third-order valence-corrected chi connectivity index (χ3v) is 8.70. The van der Waals surface area contributed by atoms with Crippen LogP contribution in [0.4, 0.5) is 32.0 Å². The van der Waals surface area contributed by atoms with Gasteiger partial charge in [0.1, 0.15) is 0 Å². The molecule has 1 aliphatic carbocycles. The van der Waals surface area contributed by atoms with Gasteiger partial charge in [-0.2, -0.15) is 26.3 Å². The number of hydrogen-bond donors (Lipinski definition) is 2. The Hall–Kier alpha value is -3.18. The van der Waals surface area contributed by atoms with Crippen LogP contribution < -0.4 is 10.6 Å². The molecule has 2 N–H and O–H groups in total. The topological polar surface area (TPSA) is 40.2 Å². The minimum absolute atomic E-state index is 0.0257. The van der Waals surface area contributed by atoms with Crippen molar-refractivity contribution in [3.63, 3.8) is 0 Å². The summed E-state index contributed by atoms with van der Waals surface area (Å²) in [5.41, 5.74) is -1.44. The monoisotopic (exact) mass is 562 g/mol. The molecule has 1 aromatic heterocycles. The van der Waals surface area contributed by atoms with Crippen LogP contribution in [0, 0.1) is 11.8 Å². The third-order valence-electron chi connectivity index (χ3n) is 8.48. The molecule has 5 atom stereocenters. The summed E-state index contributed by atoms with van der Waals surface area (Å²) in [6.45, 7) is 4.90. The molecular weight excluding hydrogens is 538 g/mol. The number of hydrogen-bond acceptors (Lipinski definition) is 3. The molecular formula is C28H24F6N4S. The van der Waals surface area contributed by atoms with Crippen molar-refractivity contribution in [2.75, 3.05) is 11.9 Å². The summed E-state index contributed by atoms with van der Waals surface area (Å²) in [7, 11) is 0. The molecule has 3 fully saturated rings. The molecule has 6 rings (SSSR count). The van der Waals surface area contributed by atoms with Crippen molar-refractivity contribution < 1.29 is 26.3 Å². The van der Waals surface area contributed by atoms with E-state index in [0.717, 1.165) is 35.9 Å². The van der Waals surface area contributed by atoms with E-state index >= 15 is 0 Å². The van der Waals surface area contributed by atoms with Crippen molar-refractivity contribution in [2.24, 2.45) is 11.8 Å². The number of para-hydroxylation sites is 1. The molecule has 4 unspecified atom stereocenters. The Kier molecular flexibility index (Phi) is 5.96. The van der Waals surface area contributed by atoms with E-state index in [1.807, 2.05) is 36.4 Å². The Morgan fingerprint density at radius 3 is 2.41 bits per heavy atom. The van der Waals surface area contributed by atoms with Crippen LogP contribution in [0.2, 0.25) is 0 Å². The highest BCUT2D eigenvalue weighted by Crippen LogP contribution is 2.71. The number of thiocarbonyl (C=S) groups is 1. The van der Waals surface area contributed by atoms with E-state index in [0.29, 0.717) is 24.0 Å². The number of anilines is 1. The molecule has 0 bridgehead atoms. The van der Waals surface area contributed by atoms with Gasteiger partial charge in [-0.05, 0) is 79.3 Å². The lowest BCUT2D eigenvalue weighted by Gasteiger charge is -2.52. The van der Waals surface area contributed by atoms with Gasteiger partial charge in [-0.1, -0.05) is 24.3 Å². The van der Waals surface area contributed by atoms with Gasteiger partial charge in [0.05, 0.1) is 22.7 Å². The summed E-state index contributed by atoms with van der Waals surface area (Å²) in [6.07, 6.45) is -4.27. The Morgan fingerprint density at radius 1 is 1.08 bits per heavy atom. The van der Waals surface area contributed by atoms with Crippen LogP contribution in [-0.4, -0.2) is 33.1 Å². The number of aromatic nitrogens is 1. The number of nitrogens with zero attached hydrogens (tertiary/aromatic N) is 2.